The molecule has 5 nitrogen and oxygen atoms in total. The number of piperazine rings is 1. The molecule has 2 rings (SSSR count). The highest BCUT2D eigenvalue weighted by atomic mass is 16.7. The van der Waals surface area contributed by atoms with Gasteiger partial charge in [-0.3, -0.25) is 9.63 Å². The van der Waals surface area contributed by atoms with Crippen LogP contribution < -0.4 is 4.90 Å². The molecule has 1 aromatic rings. The van der Waals surface area contributed by atoms with Crippen molar-refractivity contribution in [3.63, 3.8) is 0 Å². The molecule has 0 bridgehead atoms. The Morgan fingerprint density at radius 3 is 2.26 bits per heavy atom. The van der Waals surface area contributed by atoms with Crippen LogP contribution in [0.4, 0.5) is 5.69 Å². The summed E-state index contributed by atoms with van der Waals surface area (Å²) in [5.41, 5.74) is 1.81. The molecule has 1 amide bonds. The van der Waals surface area contributed by atoms with Crippen LogP contribution in [0.25, 0.3) is 0 Å². The van der Waals surface area contributed by atoms with E-state index < -0.39 is 0 Å². The molecule has 1 aliphatic heterocycles. The molecule has 0 aromatic heterocycles. The first-order valence-corrected chi connectivity index (χ1v) is 6.47. The number of anilines is 1. The van der Waals surface area contributed by atoms with E-state index in [0.29, 0.717) is 5.56 Å². The predicted molar refractivity (Wildman–Crippen MR) is 75.3 cm³/mol. The second kappa shape index (κ2) is 6.04. The summed E-state index contributed by atoms with van der Waals surface area (Å²) in [6.07, 6.45) is 0. The quantitative estimate of drug-likeness (QED) is 0.764. The Balaban J connectivity index is 2.04. The summed E-state index contributed by atoms with van der Waals surface area (Å²) < 4.78 is 0. The van der Waals surface area contributed by atoms with E-state index in [-0.39, 0.29) is 5.91 Å². The van der Waals surface area contributed by atoms with Gasteiger partial charge in [-0.05, 0) is 31.3 Å². The van der Waals surface area contributed by atoms with E-state index in [1.54, 1.807) is 7.05 Å². The zero-order chi connectivity index (χ0) is 13.8. The number of nitrogens with zero attached hydrogens (tertiary/aromatic N) is 3. The maximum absolute atomic E-state index is 11.9. The lowest BCUT2D eigenvalue weighted by molar-refractivity contribution is -0.0756. The number of hydrogen-bond acceptors (Lipinski definition) is 4. The highest BCUT2D eigenvalue weighted by Gasteiger charge is 2.15. The molecule has 104 valence electrons. The summed E-state index contributed by atoms with van der Waals surface area (Å²) >= 11 is 0. The molecule has 1 aromatic carbocycles. The minimum absolute atomic E-state index is 0.132. The topological polar surface area (TPSA) is 36.0 Å². The SMILES string of the molecule is CON(C)C(=O)c1ccc(N2CCN(C)CC2)cc1. The van der Waals surface area contributed by atoms with Crippen molar-refractivity contribution in [1.29, 1.82) is 0 Å². The minimum atomic E-state index is -0.132. The van der Waals surface area contributed by atoms with Gasteiger partial charge in [0.05, 0.1) is 7.11 Å². The van der Waals surface area contributed by atoms with Crippen molar-refractivity contribution in [1.82, 2.24) is 9.96 Å². The van der Waals surface area contributed by atoms with Gasteiger partial charge in [0.1, 0.15) is 0 Å². The van der Waals surface area contributed by atoms with Crippen LogP contribution in [-0.2, 0) is 4.84 Å². The number of carbonyl (C=O) groups excluding carboxylic acids is 1. The monoisotopic (exact) mass is 263 g/mol. The number of rotatable bonds is 3. The van der Waals surface area contributed by atoms with Crippen LogP contribution in [-0.4, -0.2) is 63.3 Å². The second-order valence-electron chi connectivity index (χ2n) is 4.82. The van der Waals surface area contributed by atoms with Crippen molar-refractivity contribution in [2.24, 2.45) is 0 Å². The maximum atomic E-state index is 11.9. The third-order valence-corrected chi connectivity index (χ3v) is 3.54. The van der Waals surface area contributed by atoms with Gasteiger partial charge < -0.3 is 9.80 Å². The van der Waals surface area contributed by atoms with E-state index in [0.717, 1.165) is 26.2 Å². The molecule has 0 aliphatic carbocycles. The van der Waals surface area contributed by atoms with E-state index in [1.807, 2.05) is 24.3 Å². The molecule has 0 saturated carbocycles. The molecule has 0 radical (unpaired) electrons. The zero-order valence-electron chi connectivity index (χ0n) is 11.8. The van der Waals surface area contributed by atoms with Crippen LogP contribution >= 0.6 is 0 Å². The standard InChI is InChI=1S/C14H21N3O2/c1-15-8-10-17(11-9-15)13-6-4-12(5-7-13)14(18)16(2)19-3/h4-7H,8-11H2,1-3H3. The minimum Gasteiger partial charge on any atom is -0.369 e. The summed E-state index contributed by atoms with van der Waals surface area (Å²) in [6.45, 7) is 4.21. The normalized spacial score (nSPS) is 16.5. The third kappa shape index (κ3) is 3.24. The van der Waals surface area contributed by atoms with Crippen molar-refractivity contribution in [3.8, 4) is 0 Å². The van der Waals surface area contributed by atoms with E-state index >= 15 is 0 Å². The van der Waals surface area contributed by atoms with Gasteiger partial charge in [-0.2, -0.15) is 0 Å². The third-order valence-electron chi connectivity index (χ3n) is 3.54. The number of amides is 1. The van der Waals surface area contributed by atoms with Gasteiger partial charge in [0, 0.05) is 44.5 Å². The summed E-state index contributed by atoms with van der Waals surface area (Å²) in [5.74, 6) is -0.132. The van der Waals surface area contributed by atoms with Crippen LogP contribution in [0, 0.1) is 0 Å². The number of benzene rings is 1. The first kappa shape index (κ1) is 13.8. The van der Waals surface area contributed by atoms with Crippen molar-refractivity contribution < 1.29 is 9.63 Å². The smallest absolute Gasteiger partial charge is 0.277 e. The van der Waals surface area contributed by atoms with Crippen molar-refractivity contribution in [2.45, 2.75) is 0 Å². The lowest BCUT2D eigenvalue weighted by Gasteiger charge is -2.34. The fourth-order valence-corrected chi connectivity index (χ4v) is 2.14. The zero-order valence-corrected chi connectivity index (χ0v) is 11.8. The lowest BCUT2D eigenvalue weighted by atomic mass is 10.1. The van der Waals surface area contributed by atoms with Crippen molar-refractivity contribution in [3.05, 3.63) is 29.8 Å². The molecular formula is C14H21N3O2. The van der Waals surface area contributed by atoms with Crippen LogP contribution in [0.2, 0.25) is 0 Å². The first-order valence-electron chi connectivity index (χ1n) is 6.47. The lowest BCUT2D eigenvalue weighted by Crippen LogP contribution is -2.44. The van der Waals surface area contributed by atoms with Gasteiger partial charge in [0.25, 0.3) is 5.91 Å². The highest BCUT2D eigenvalue weighted by Crippen LogP contribution is 2.17. The fraction of sp³-hybridized carbons (Fsp3) is 0.500. The Bertz CT molecular complexity index is 425. The Morgan fingerprint density at radius 1 is 1.16 bits per heavy atom. The summed E-state index contributed by atoms with van der Waals surface area (Å²) in [6, 6.07) is 7.71. The number of hydroxylamine groups is 2. The molecule has 19 heavy (non-hydrogen) atoms. The van der Waals surface area contributed by atoms with E-state index in [2.05, 4.69) is 16.8 Å². The second-order valence-corrected chi connectivity index (χ2v) is 4.82. The molecule has 0 unspecified atom stereocenters. The highest BCUT2D eigenvalue weighted by molar-refractivity contribution is 5.93. The average molecular weight is 263 g/mol. The molecule has 1 heterocycles. The molecule has 0 N–H and O–H groups in total. The van der Waals surface area contributed by atoms with Gasteiger partial charge in [0.2, 0.25) is 0 Å². The predicted octanol–water partition coefficient (Wildman–Crippen LogP) is 1.07. The summed E-state index contributed by atoms with van der Waals surface area (Å²) in [4.78, 5) is 21.4. The Kier molecular flexibility index (Phi) is 4.39. The number of hydrogen-bond donors (Lipinski definition) is 0. The Hall–Kier alpha value is -1.59. The first-order chi connectivity index (χ1) is 9.11. The molecule has 5 heteroatoms. The van der Waals surface area contributed by atoms with Crippen LogP contribution in [0.3, 0.4) is 0 Å². The van der Waals surface area contributed by atoms with Crippen LogP contribution in [0.15, 0.2) is 24.3 Å². The molecular weight excluding hydrogens is 242 g/mol. The average Bonchev–Trinajstić information content (AvgIpc) is 2.46. The molecule has 0 atom stereocenters. The van der Waals surface area contributed by atoms with Gasteiger partial charge in [-0.1, -0.05) is 0 Å². The van der Waals surface area contributed by atoms with E-state index in [4.69, 9.17) is 4.84 Å². The summed E-state index contributed by atoms with van der Waals surface area (Å²) in [7, 11) is 5.23. The van der Waals surface area contributed by atoms with Gasteiger partial charge >= 0.3 is 0 Å². The molecule has 1 aliphatic rings. The largest absolute Gasteiger partial charge is 0.369 e. The number of likely N-dealkylation sites (N-methyl/N-ethyl adjacent to an activating group) is 1. The summed E-state index contributed by atoms with van der Waals surface area (Å²) in [5, 5.41) is 1.23. The molecule has 1 saturated heterocycles. The number of carbonyl (C=O) groups is 1. The fourth-order valence-electron chi connectivity index (χ4n) is 2.14. The van der Waals surface area contributed by atoms with E-state index in [1.165, 1.54) is 17.9 Å². The van der Waals surface area contributed by atoms with Gasteiger partial charge in [-0.15, -0.1) is 0 Å². The Morgan fingerprint density at radius 2 is 1.74 bits per heavy atom. The van der Waals surface area contributed by atoms with E-state index in [9.17, 15) is 4.79 Å². The maximum Gasteiger partial charge on any atom is 0.277 e. The molecule has 0 spiro atoms. The molecule has 1 fully saturated rings. The Labute approximate surface area is 114 Å². The van der Waals surface area contributed by atoms with Crippen LogP contribution in [0.5, 0.6) is 0 Å². The van der Waals surface area contributed by atoms with Crippen LogP contribution in [0.1, 0.15) is 10.4 Å². The van der Waals surface area contributed by atoms with Crippen molar-refractivity contribution in [2.75, 3.05) is 52.3 Å². The van der Waals surface area contributed by atoms with Gasteiger partial charge in [-0.25, -0.2) is 5.06 Å². The van der Waals surface area contributed by atoms with Crippen molar-refractivity contribution >= 4 is 11.6 Å². The van der Waals surface area contributed by atoms with Gasteiger partial charge in [0.15, 0.2) is 0 Å².